The Morgan fingerprint density at radius 2 is 1.02 bits per heavy atom. The number of rotatable bonds is 6. The molecule has 0 saturated carbocycles. The number of esters is 1. The number of ether oxygens (including phenoxy) is 3. The molecule has 0 radical (unpaired) electrons. The molecule has 4 aliphatic heterocycles. The van der Waals surface area contributed by atoms with E-state index >= 15 is 0 Å². The largest absolute Gasteiger partial charge is 0.481 e. The van der Waals surface area contributed by atoms with E-state index in [-0.39, 0.29) is 42.1 Å². The molecule has 4 heterocycles. The number of hydrogen-bond acceptors (Lipinski definition) is 9. The molecule has 6 rings (SSSR count). The molecule has 0 spiro atoms. The molecule has 4 unspecified atom stereocenters. The lowest BCUT2D eigenvalue weighted by molar-refractivity contribution is -0.148. The van der Waals surface area contributed by atoms with Crippen molar-refractivity contribution >= 4 is 24.1 Å². The van der Waals surface area contributed by atoms with Crippen molar-refractivity contribution in [1.82, 2.24) is 19.6 Å². The van der Waals surface area contributed by atoms with E-state index in [1.165, 1.54) is 43.6 Å². The Morgan fingerprint density at radius 3 is 1.38 bits per heavy atom. The molecule has 0 aliphatic carbocycles. The lowest BCUT2D eigenvalue weighted by atomic mass is 9.90. The van der Waals surface area contributed by atoms with Crippen LogP contribution < -0.4 is 0 Å². The zero-order valence-electron chi connectivity index (χ0n) is 27.5. The number of carboxylic acids is 1. The minimum Gasteiger partial charge on any atom is -0.481 e. The topological polar surface area (TPSA) is 129 Å². The number of likely N-dealkylation sites (tertiary alicyclic amines) is 2. The highest BCUT2D eigenvalue weighted by Crippen LogP contribution is 2.30. The quantitative estimate of drug-likeness (QED) is 0.363. The molecular weight excluding hydrogens is 604 g/mol. The van der Waals surface area contributed by atoms with Crippen molar-refractivity contribution in [3.63, 3.8) is 0 Å². The first-order chi connectivity index (χ1) is 22.7. The maximum absolute atomic E-state index is 12.1. The van der Waals surface area contributed by atoms with Gasteiger partial charge in [-0.2, -0.15) is 0 Å². The Morgan fingerprint density at radius 1 is 0.638 bits per heavy atom. The van der Waals surface area contributed by atoms with Crippen molar-refractivity contribution < 1.29 is 38.5 Å². The monoisotopic (exact) mass is 650 g/mol. The van der Waals surface area contributed by atoms with Crippen molar-refractivity contribution in [3.05, 3.63) is 70.8 Å². The third-order valence-electron chi connectivity index (χ3n) is 9.88. The first kappa shape index (κ1) is 34.2. The molecule has 2 aromatic carbocycles. The predicted octanol–water partition coefficient (Wildman–Crippen LogP) is 3.96. The van der Waals surface area contributed by atoms with Crippen molar-refractivity contribution in [2.45, 2.75) is 63.9 Å². The molecule has 2 saturated heterocycles. The van der Waals surface area contributed by atoms with Gasteiger partial charge < -0.3 is 29.1 Å². The number of hydrogen-bond donors (Lipinski definition) is 1. The number of carbonyl (C=O) groups is 4. The van der Waals surface area contributed by atoms with Gasteiger partial charge in [0.05, 0.1) is 33.2 Å². The molecule has 47 heavy (non-hydrogen) atoms. The number of carboxylic acid groups (broad SMARTS) is 1. The Kier molecular flexibility index (Phi) is 11.4. The van der Waals surface area contributed by atoms with E-state index in [1.807, 2.05) is 12.1 Å². The summed E-state index contributed by atoms with van der Waals surface area (Å²) >= 11 is 0. The van der Waals surface area contributed by atoms with Gasteiger partial charge in [-0.15, -0.1) is 0 Å². The minimum atomic E-state index is -0.774. The van der Waals surface area contributed by atoms with E-state index < -0.39 is 5.97 Å². The number of amides is 2. The van der Waals surface area contributed by atoms with Gasteiger partial charge in [0, 0.05) is 64.4 Å². The number of fused-ring (bicyclic) bond motifs is 2. The second kappa shape index (κ2) is 15.6. The van der Waals surface area contributed by atoms with Crippen LogP contribution in [-0.2, 0) is 50.0 Å². The van der Waals surface area contributed by atoms with Gasteiger partial charge in [-0.25, -0.2) is 9.59 Å². The van der Waals surface area contributed by atoms with Crippen molar-refractivity contribution in [1.29, 1.82) is 0 Å². The number of aliphatic carboxylic acids is 1. The van der Waals surface area contributed by atoms with Gasteiger partial charge in [0.15, 0.2) is 0 Å². The van der Waals surface area contributed by atoms with Gasteiger partial charge in [-0.1, -0.05) is 48.5 Å². The Bertz CT molecular complexity index is 1390. The molecule has 12 heteroatoms. The van der Waals surface area contributed by atoms with Crippen LogP contribution in [-0.4, -0.2) is 108 Å². The first-order valence-electron chi connectivity index (χ1n) is 16.3. The van der Waals surface area contributed by atoms with Crippen LogP contribution in [0.1, 0.15) is 47.9 Å². The molecule has 0 aromatic heterocycles. The highest BCUT2D eigenvalue weighted by atomic mass is 16.5. The number of piperidine rings is 2. The smallest absolute Gasteiger partial charge is 0.409 e. The Balaban J connectivity index is 0.000000185. The van der Waals surface area contributed by atoms with Gasteiger partial charge >= 0.3 is 24.1 Å². The van der Waals surface area contributed by atoms with Crippen molar-refractivity contribution in [2.75, 3.05) is 47.5 Å². The van der Waals surface area contributed by atoms with E-state index in [0.29, 0.717) is 45.3 Å². The summed E-state index contributed by atoms with van der Waals surface area (Å²) in [5.41, 5.74) is 5.29. The van der Waals surface area contributed by atoms with E-state index in [9.17, 15) is 24.3 Å². The van der Waals surface area contributed by atoms with Crippen molar-refractivity contribution in [2.24, 2.45) is 11.8 Å². The van der Waals surface area contributed by atoms with Crippen LogP contribution in [0.5, 0.6) is 0 Å². The summed E-state index contributed by atoms with van der Waals surface area (Å²) in [5, 5.41) is 9.29. The average molecular weight is 651 g/mol. The fourth-order valence-corrected chi connectivity index (χ4v) is 7.43. The van der Waals surface area contributed by atoms with Crippen LogP contribution in [0, 0.1) is 11.8 Å². The molecule has 1 N–H and O–H groups in total. The number of benzene rings is 2. The van der Waals surface area contributed by atoms with Gasteiger partial charge in [0.25, 0.3) is 0 Å². The highest BCUT2D eigenvalue weighted by Gasteiger charge is 2.38. The summed E-state index contributed by atoms with van der Waals surface area (Å²) in [5.74, 6) is -1.49. The molecule has 12 nitrogen and oxygen atoms in total. The van der Waals surface area contributed by atoms with Gasteiger partial charge in [-0.05, 0) is 47.9 Å². The second-order valence-electron chi connectivity index (χ2n) is 12.8. The third kappa shape index (κ3) is 8.23. The fraction of sp³-hybridized carbons (Fsp3) is 0.543. The number of nitrogens with zero attached hydrogens (tertiary/aromatic N) is 4. The summed E-state index contributed by atoms with van der Waals surface area (Å²) in [6.45, 7) is 5.83. The Labute approximate surface area is 276 Å². The average Bonchev–Trinajstić information content (AvgIpc) is 3.70. The van der Waals surface area contributed by atoms with Gasteiger partial charge in [-0.3, -0.25) is 19.4 Å². The Hall–Kier alpha value is -4.16. The molecule has 2 amide bonds. The highest BCUT2D eigenvalue weighted by molar-refractivity contribution is 5.74. The van der Waals surface area contributed by atoms with Gasteiger partial charge in [0.2, 0.25) is 0 Å². The summed E-state index contributed by atoms with van der Waals surface area (Å²) in [7, 11) is 4.19. The lowest BCUT2D eigenvalue weighted by Gasteiger charge is -2.39. The maximum atomic E-state index is 12.1. The number of carbonyl (C=O) groups excluding carboxylic acids is 3. The first-order valence-corrected chi connectivity index (χ1v) is 16.3. The fourth-order valence-electron chi connectivity index (χ4n) is 7.43. The van der Waals surface area contributed by atoms with Crippen LogP contribution in [0.15, 0.2) is 48.5 Å². The molecule has 0 bridgehead atoms. The second-order valence-corrected chi connectivity index (χ2v) is 12.8. The van der Waals surface area contributed by atoms with Gasteiger partial charge in [0.1, 0.15) is 0 Å². The van der Waals surface area contributed by atoms with E-state index in [4.69, 9.17) is 14.2 Å². The summed E-state index contributed by atoms with van der Waals surface area (Å²) in [6.07, 6.45) is 1.53. The third-order valence-corrected chi connectivity index (χ3v) is 9.88. The van der Waals surface area contributed by atoms with Crippen LogP contribution in [0.2, 0.25) is 0 Å². The molecule has 254 valence electrons. The SMILES string of the molecule is COC(=O)C1CCN(C(=O)OC)C(CN2Cc3ccccc3C2)C1.COC(=O)N1CCC(C(=O)O)CC1CN1Cc2ccccc2C1. The molecular formula is C35H46N4O8. The van der Waals surface area contributed by atoms with Crippen LogP contribution >= 0.6 is 0 Å². The molecule has 2 aromatic rings. The zero-order valence-corrected chi connectivity index (χ0v) is 27.5. The summed E-state index contributed by atoms with van der Waals surface area (Å²) < 4.78 is 14.7. The lowest BCUT2D eigenvalue weighted by Crippen LogP contribution is -2.51. The van der Waals surface area contributed by atoms with Crippen LogP contribution in [0.4, 0.5) is 9.59 Å². The normalized spacial score (nSPS) is 24.0. The minimum absolute atomic E-state index is 0.0374. The van der Waals surface area contributed by atoms with Crippen LogP contribution in [0.3, 0.4) is 0 Å². The zero-order chi connectivity index (χ0) is 33.5. The standard InChI is InChI=1S/C18H24N2O4.C17H22N2O4/c1-23-17(21)13-7-8-20(18(22)24-2)16(9-13)12-19-10-14-5-3-4-6-15(14)11-19;1-23-17(22)19-7-6-12(16(20)21)8-15(19)11-18-9-13-4-2-3-5-14(13)10-18/h3-6,13,16H,7-12H2,1-2H3;2-5,12,15H,6-11H2,1H3,(H,20,21). The summed E-state index contributed by atoms with van der Waals surface area (Å²) in [4.78, 5) is 55.3. The van der Waals surface area contributed by atoms with Crippen LogP contribution in [0.25, 0.3) is 0 Å². The summed E-state index contributed by atoms with van der Waals surface area (Å²) in [6, 6.07) is 16.5. The van der Waals surface area contributed by atoms with E-state index in [2.05, 4.69) is 46.2 Å². The van der Waals surface area contributed by atoms with E-state index in [0.717, 1.165) is 32.7 Å². The van der Waals surface area contributed by atoms with E-state index in [1.54, 1.807) is 9.80 Å². The molecule has 2 fully saturated rings. The predicted molar refractivity (Wildman–Crippen MR) is 172 cm³/mol. The van der Waals surface area contributed by atoms with Crippen molar-refractivity contribution in [3.8, 4) is 0 Å². The molecule has 4 aliphatic rings. The number of methoxy groups -OCH3 is 3. The maximum Gasteiger partial charge on any atom is 0.409 e. The molecule has 4 atom stereocenters.